The van der Waals surface area contributed by atoms with Crippen LogP contribution in [0.5, 0.6) is 0 Å². The number of hydrogen-bond donors (Lipinski definition) is 2. The zero-order valence-corrected chi connectivity index (χ0v) is 13.0. The Bertz CT molecular complexity index is 600. The largest absolute Gasteiger partial charge is 0.369 e. The molecule has 1 aliphatic carbocycles. The van der Waals surface area contributed by atoms with E-state index in [9.17, 15) is 0 Å². The standard InChI is InChI=1S/C14H17Cl2N5/c15-9-6-10(16)8-11(7-9)21-13(18)19-12(17)20-14(21)4-2-1-3-5-14/h6-8H,1-5H2,(H4,17,18,19,20). The zero-order valence-electron chi connectivity index (χ0n) is 11.5. The topological polar surface area (TPSA) is 80.0 Å². The Morgan fingerprint density at radius 1 is 1.00 bits per heavy atom. The number of aliphatic imine (C=N–C) groups is 2. The lowest BCUT2D eigenvalue weighted by atomic mass is 9.87. The van der Waals surface area contributed by atoms with Gasteiger partial charge >= 0.3 is 0 Å². The summed E-state index contributed by atoms with van der Waals surface area (Å²) >= 11 is 12.2. The van der Waals surface area contributed by atoms with E-state index in [1.54, 1.807) is 6.07 Å². The summed E-state index contributed by atoms with van der Waals surface area (Å²) in [5.74, 6) is 0.571. The number of nitrogens with zero attached hydrogens (tertiary/aromatic N) is 3. The summed E-state index contributed by atoms with van der Waals surface area (Å²) in [6, 6.07) is 5.33. The Morgan fingerprint density at radius 3 is 2.24 bits per heavy atom. The number of hydrogen-bond acceptors (Lipinski definition) is 5. The molecule has 0 amide bonds. The molecule has 3 rings (SSSR count). The first-order valence-corrected chi connectivity index (χ1v) is 7.72. The van der Waals surface area contributed by atoms with Crippen molar-refractivity contribution in [2.45, 2.75) is 37.8 Å². The Labute approximate surface area is 133 Å². The fraction of sp³-hybridized carbons (Fsp3) is 0.429. The molecule has 112 valence electrons. The normalized spacial score (nSPS) is 21.1. The first kappa shape index (κ1) is 14.5. The molecule has 1 aromatic carbocycles. The Hall–Kier alpha value is -1.46. The fourth-order valence-electron chi connectivity index (χ4n) is 3.16. The molecular formula is C14H17Cl2N5. The molecule has 0 radical (unpaired) electrons. The minimum absolute atomic E-state index is 0.235. The highest BCUT2D eigenvalue weighted by Gasteiger charge is 2.42. The minimum Gasteiger partial charge on any atom is -0.369 e. The summed E-state index contributed by atoms with van der Waals surface area (Å²) in [6.45, 7) is 0. The molecule has 1 aliphatic heterocycles. The smallest absolute Gasteiger partial charge is 0.220 e. The van der Waals surface area contributed by atoms with Gasteiger partial charge in [-0.05, 0) is 43.9 Å². The molecule has 0 aromatic heterocycles. The van der Waals surface area contributed by atoms with E-state index in [1.165, 1.54) is 6.42 Å². The first-order valence-electron chi connectivity index (χ1n) is 6.96. The Kier molecular flexibility index (Phi) is 3.71. The van der Waals surface area contributed by atoms with Crippen LogP contribution in [0.2, 0.25) is 10.0 Å². The van der Waals surface area contributed by atoms with Gasteiger partial charge in [-0.25, -0.2) is 4.99 Å². The highest BCUT2D eigenvalue weighted by atomic mass is 35.5. The lowest BCUT2D eigenvalue weighted by Crippen LogP contribution is -2.58. The summed E-state index contributed by atoms with van der Waals surface area (Å²) in [7, 11) is 0. The van der Waals surface area contributed by atoms with Gasteiger partial charge in [0.2, 0.25) is 11.9 Å². The van der Waals surface area contributed by atoms with E-state index in [0.29, 0.717) is 16.0 Å². The van der Waals surface area contributed by atoms with Crippen molar-refractivity contribution >= 4 is 40.8 Å². The average Bonchev–Trinajstić information content (AvgIpc) is 2.37. The molecular weight excluding hydrogens is 309 g/mol. The molecule has 7 heteroatoms. The van der Waals surface area contributed by atoms with Gasteiger partial charge in [-0.1, -0.05) is 29.6 Å². The first-order chi connectivity index (χ1) is 10.00. The molecule has 0 saturated heterocycles. The molecule has 21 heavy (non-hydrogen) atoms. The number of guanidine groups is 2. The second kappa shape index (κ2) is 5.39. The summed E-state index contributed by atoms with van der Waals surface area (Å²) in [5.41, 5.74) is 12.3. The maximum absolute atomic E-state index is 6.14. The number of nitrogens with two attached hydrogens (primary N) is 2. The Balaban J connectivity index is 2.10. The van der Waals surface area contributed by atoms with E-state index < -0.39 is 5.66 Å². The van der Waals surface area contributed by atoms with E-state index in [2.05, 4.69) is 9.98 Å². The van der Waals surface area contributed by atoms with Gasteiger partial charge in [-0.2, -0.15) is 4.99 Å². The van der Waals surface area contributed by atoms with Crippen LogP contribution < -0.4 is 16.4 Å². The van der Waals surface area contributed by atoms with Gasteiger partial charge < -0.3 is 11.5 Å². The van der Waals surface area contributed by atoms with Crippen molar-refractivity contribution in [1.29, 1.82) is 0 Å². The van der Waals surface area contributed by atoms with Crippen molar-refractivity contribution in [2.75, 3.05) is 4.90 Å². The number of rotatable bonds is 1. The lowest BCUT2D eigenvalue weighted by molar-refractivity contribution is 0.305. The van der Waals surface area contributed by atoms with Crippen LogP contribution in [0.1, 0.15) is 32.1 Å². The van der Waals surface area contributed by atoms with Gasteiger partial charge in [0.05, 0.1) is 0 Å². The molecule has 4 N–H and O–H groups in total. The minimum atomic E-state index is -0.470. The van der Waals surface area contributed by atoms with Crippen molar-refractivity contribution in [2.24, 2.45) is 21.5 Å². The molecule has 1 fully saturated rings. The van der Waals surface area contributed by atoms with Crippen LogP contribution in [0.15, 0.2) is 28.2 Å². The van der Waals surface area contributed by atoms with Crippen LogP contribution in [-0.2, 0) is 0 Å². The van der Waals surface area contributed by atoms with Gasteiger partial charge in [0.15, 0.2) is 0 Å². The monoisotopic (exact) mass is 325 g/mol. The van der Waals surface area contributed by atoms with E-state index in [-0.39, 0.29) is 5.96 Å². The predicted molar refractivity (Wildman–Crippen MR) is 88.0 cm³/mol. The van der Waals surface area contributed by atoms with E-state index >= 15 is 0 Å². The average molecular weight is 326 g/mol. The van der Waals surface area contributed by atoms with E-state index in [0.717, 1.165) is 31.4 Å². The highest BCUT2D eigenvalue weighted by Crippen LogP contribution is 2.40. The molecule has 0 atom stereocenters. The maximum atomic E-state index is 6.14. The second-order valence-electron chi connectivity index (χ2n) is 5.45. The van der Waals surface area contributed by atoms with Crippen LogP contribution >= 0.6 is 23.2 Å². The van der Waals surface area contributed by atoms with Crippen molar-refractivity contribution in [3.8, 4) is 0 Å². The molecule has 1 aromatic rings. The molecule has 5 nitrogen and oxygen atoms in total. The van der Waals surface area contributed by atoms with Crippen LogP contribution in [0, 0.1) is 0 Å². The second-order valence-corrected chi connectivity index (χ2v) is 6.32. The van der Waals surface area contributed by atoms with Crippen LogP contribution in [0.25, 0.3) is 0 Å². The Morgan fingerprint density at radius 2 is 1.62 bits per heavy atom. The summed E-state index contributed by atoms with van der Waals surface area (Å²) in [4.78, 5) is 10.6. The molecule has 1 saturated carbocycles. The predicted octanol–water partition coefficient (Wildman–Crippen LogP) is 3.10. The molecule has 0 bridgehead atoms. The molecule has 2 aliphatic rings. The molecule has 0 unspecified atom stereocenters. The summed E-state index contributed by atoms with van der Waals surface area (Å²) in [5, 5.41) is 1.11. The van der Waals surface area contributed by atoms with E-state index in [4.69, 9.17) is 34.7 Å². The number of benzene rings is 1. The molecule has 1 heterocycles. The third kappa shape index (κ3) is 2.68. The maximum Gasteiger partial charge on any atom is 0.220 e. The van der Waals surface area contributed by atoms with Crippen LogP contribution in [0.4, 0.5) is 5.69 Å². The van der Waals surface area contributed by atoms with Gasteiger partial charge in [-0.3, -0.25) is 4.90 Å². The lowest BCUT2D eigenvalue weighted by Gasteiger charge is -2.45. The quantitative estimate of drug-likeness (QED) is 0.832. The summed E-state index contributed by atoms with van der Waals surface area (Å²) in [6.07, 6.45) is 5.12. The van der Waals surface area contributed by atoms with Gasteiger partial charge in [-0.15, -0.1) is 0 Å². The van der Waals surface area contributed by atoms with Crippen molar-refractivity contribution in [3.63, 3.8) is 0 Å². The highest BCUT2D eigenvalue weighted by molar-refractivity contribution is 6.35. The van der Waals surface area contributed by atoms with Gasteiger partial charge in [0, 0.05) is 15.7 Å². The van der Waals surface area contributed by atoms with Crippen molar-refractivity contribution in [1.82, 2.24) is 0 Å². The zero-order chi connectivity index (χ0) is 15.0. The summed E-state index contributed by atoms with van der Waals surface area (Å²) < 4.78 is 0. The fourth-order valence-corrected chi connectivity index (χ4v) is 3.68. The van der Waals surface area contributed by atoms with Crippen molar-refractivity contribution in [3.05, 3.63) is 28.2 Å². The van der Waals surface area contributed by atoms with Crippen LogP contribution in [-0.4, -0.2) is 17.6 Å². The van der Waals surface area contributed by atoms with Gasteiger partial charge in [0.25, 0.3) is 0 Å². The number of anilines is 1. The molecule has 1 spiro atoms. The van der Waals surface area contributed by atoms with Crippen LogP contribution in [0.3, 0.4) is 0 Å². The van der Waals surface area contributed by atoms with E-state index in [1.807, 2.05) is 17.0 Å². The third-order valence-corrected chi connectivity index (χ3v) is 4.39. The SMILES string of the molecule is NC1=NC2(CCCCC2)N(c2cc(Cl)cc(Cl)c2)C(N)=N1. The van der Waals surface area contributed by atoms with Gasteiger partial charge in [0.1, 0.15) is 5.66 Å². The third-order valence-electron chi connectivity index (χ3n) is 3.96. The van der Waals surface area contributed by atoms with Crippen molar-refractivity contribution < 1.29 is 0 Å². The number of halogens is 2.